The molecular formula is C9H14N2O2. The Balaban J connectivity index is 2.22. The van der Waals surface area contributed by atoms with E-state index >= 15 is 0 Å². The second kappa shape index (κ2) is 3.12. The second-order valence-electron chi connectivity index (χ2n) is 3.55. The Bertz CT molecular complexity index is 290. The summed E-state index contributed by atoms with van der Waals surface area (Å²) in [6.45, 7) is 1.26. The molecule has 1 N–H and O–H groups in total. The zero-order valence-corrected chi connectivity index (χ0v) is 7.73. The molecule has 1 aromatic heterocycles. The predicted molar refractivity (Wildman–Crippen MR) is 47.2 cm³/mol. The molecule has 0 bridgehead atoms. The Kier molecular flexibility index (Phi) is 2.09. The van der Waals surface area contributed by atoms with Gasteiger partial charge in [-0.3, -0.25) is 4.68 Å². The SMILES string of the molecule is Cn1cc(C2(O)CCOCC2)cn1. The van der Waals surface area contributed by atoms with Crippen LogP contribution in [0.5, 0.6) is 0 Å². The van der Waals surface area contributed by atoms with E-state index in [-0.39, 0.29) is 0 Å². The average molecular weight is 182 g/mol. The van der Waals surface area contributed by atoms with Gasteiger partial charge in [0.25, 0.3) is 0 Å². The van der Waals surface area contributed by atoms with Gasteiger partial charge in [0.05, 0.1) is 11.8 Å². The number of aromatic nitrogens is 2. The van der Waals surface area contributed by atoms with Crippen molar-refractivity contribution >= 4 is 0 Å². The maximum absolute atomic E-state index is 10.2. The van der Waals surface area contributed by atoms with Crippen molar-refractivity contribution in [3.05, 3.63) is 18.0 Å². The smallest absolute Gasteiger partial charge is 0.0970 e. The van der Waals surface area contributed by atoms with Crippen molar-refractivity contribution in [1.82, 2.24) is 9.78 Å². The van der Waals surface area contributed by atoms with Gasteiger partial charge in [0.1, 0.15) is 0 Å². The minimum absolute atomic E-state index is 0.630. The van der Waals surface area contributed by atoms with Crippen molar-refractivity contribution in [2.24, 2.45) is 7.05 Å². The van der Waals surface area contributed by atoms with Gasteiger partial charge in [-0.05, 0) is 0 Å². The molecule has 1 aliphatic heterocycles. The topological polar surface area (TPSA) is 47.3 Å². The molecule has 0 saturated carbocycles. The van der Waals surface area contributed by atoms with E-state index in [2.05, 4.69) is 5.10 Å². The van der Waals surface area contributed by atoms with E-state index in [1.807, 2.05) is 13.2 Å². The standard InChI is InChI=1S/C9H14N2O2/c1-11-7-8(6-10-11)9(12)2-4-13-5-3-9/h6-7,12H,2-5H2,1H3. The summed E-state index contributed by atoms with van der Waals surface area (Å²) in [5.74, 6) is 0. The second-order valence-corrected chi connectivity index (χ2v) is 3.55. The molecule has 0 atom stereocenters. The Morgan fingerprint density at radius 3 is 2.77 bits per heavy atom. The first kappa shape index (κ1) is 8.72. The number of hydrogen-bond acceptors (Lipinski definition) is 3. The number of ether oxygens (including phenoxy) is 1. The summed E-state index contributed by atoms with van der Waals surface area (Å²) in [4.78, 5) is 0. The highest BCUT2D eigenvalue weighted by Crippen LogP contribution is 2.31. The van der Waals surface area contributed by atoms with Crippen LogP contribution < -0.4 is 0 Å². The Morgan fingerprint density at radius 2 is 2.23 bits per heavy atom. The van der Waals surface area contributed by atoms with Gasteiger partial charge in [-0.2, -0.15) is 5.10 Å². The van der Waals surface area contributed by atoms with Crippen LogP contribution in [0, 0.1) is 0 Å². The van der Waals surface area contributed by atoms with E-state index in [9.17, 15) is 5.11 Å². The van der Waals surface area contributed by atoms with Gasteiger partial charge >= 0.3 is 0 Å². The molecule has 1 saturated heterocycles. The van der Waals surface area contributed by atoms with E-state index < -0.39 is 5.60 Å². The molecule has 0 aromatic carbocycles. The highest BCUT2D eigenvalue weighted by molar-refractivity contribution is 5.15. The summed E-state index contributed by atoms with van der Waals surface area (Å²) in [5.41, 5.74) is 0.185. The van der Waals surface area contributed by atoms with E-state index in [0.717, 1.165) is 5.56 Å². The number of hydrogen-bond donors (Lipinski definition) is 1. The highest BCUT2D eigenvalue weighted by Gasteiger charge is 2.32. The van der Waals surface area contributed by atoms with Crippen molar-refractivity contribution in [2.45, 2.75) is 18.4 Å². The molecule has 1 aliphatic rings. The van der Waals surface area contributed by atoms with Crippen LogP contribution in [0.3, 0.4) is 0 Å². The van der Waals surface area contributed by atoms with E-state index in [0.29, 0.717) is 26.1 Å². The monoisotopic (exact) mass is 182 g/mol. The predicted octanol–water partition coefficient (Wildman–Crippen LogP) is 0.418. The van der Waals surface area contributed by atoms with Gasteiger partial charge in [-0.25, -0.2) is 0 Å². The van der Waals surface area contributed by atoms with E-state index in [1.165, 1.54) is 0 Å². The first-order valence-electron chi connectivity index (χ1n) is 4.50. The van der Waals surface area contributed by atoms with Crippen LogP contribution in [-0.4, -0.2) is 28.1 Å². The molecule has 0 unspecified atom stereocenters. The van der Waals surface area contributed by atoms with Crippen molar-refractivity contribution < 1.29 is 9.84 Å². The zero-order valence-electron chi connectivity index (χ0n) is 7.73. The quantitative estimate of drug-likeness (QED) is 0.684. The van der Waals surface area contributed by atoms with Crippen LogP contribution in [0.4, 0.5) is 0 Å². The normalized spacial score (nSPS) is 21.7. The summed E-state index contributed by atoms with van der Waals surface area (Å²) in [7, 11) is 1.85. The van der Waals surface area contributed by atoms with Gasteiger partial charge < -0.3 is 9.84 Å². The highest BCUT2D eigenvalue weighted by atomic mass is 16.5. The fraction of sp³-hybridized carbons (Fsp3) is 0.667. The molecule has 4 heteroatoms. The fourth-order valence-electron chi connectivity index (χ4n) is 1.66. The minimum atomic E-state index is -0.716. The van der Waals surface area contributed by atoms with Crippen molar-refractivity contribution in [3.63, 3.8) is 0 Å². The van der Waals surface area contributed by atoms with Gasteiger partial charge in [0.15, 0.2) is 0 Å². The maximum Gasteiger partial charge on any atom is 0.0970 e. The lowest BCUT2D eigenvalue weighted by Crippen LogP contribution is -2.33. The van der Waals surface area contributed by atoms with Crippen LogP contribution in [-0.2, 0) is 17.4 Å². The van der Waals surface area contributed by atoms with Crippen molar-refractivity contribution in [3.8, 4) is 0 Å². The lowest BCUT2D eigenvalue weighted by atomic mass is 9.89. The Morgan fingerprint density at radius 1 is 1.54 bits per heavy atom. The first-order chi connectivity index (χ1) is 6.21. The average Bonchev–Trinajstić information content (AvgIpc) is 2.54. The summed E-state index contributed by atoms with van der Waals surface area (Å²) in [6, 6.07) is 0. The minimum Gasteiger partial charge on any atom is -0.385 e. The largest absolute Gasteiger partial charge is 0.385 e. The third-order valence-electron chi connectivity index (χ3n) is 2.56. The van der Waals surface area contributed by atoms with Crippen LogP contribution in [0.1, 0.15) is 18.4 Å². The van der Waals surface area contributed by atoms with E-state index in [4.69, 9.17) is 4.74 Å². The molecule has 0 aliphatic carbocycles. The van der Waals surface area contributed by atoms with Gasteiger partial charge in [-0.1, -0.05) is 0 Å². The lowest BCUT2D eigenvalue weighted by Gasteiger charge is -2.30. The van der Waals surface area contributed by atoms with Crippen LogP contribution >= 0.6 is 0 Å². The lowest BCUT2D eigenvalue weighted by molar-refractivity contribution is -0.0679. The molecule has 2 heterocycles. The molecule has 4 nitrogen and oxygen atoms in total. The number of aliphatic hydroxyl groups is 1. The summed E-state index contributed by atoms with van der Waals surface area (Å²) < 4.78 is 6.92. The van der Waals surface area contributed by atoms with Crippen LogP contribution in [0.25, 0.3) is 0 Å². The number of rotatable bonds is 1. The Labute approximate surface area is 77.1 Å². The molecule has 13 heavy (non-hydrogen) atoms. The van der Waals surface area contributed by atoms with Crippen molar-refractivity contribution in [1.29, 1.82) is 0 Å². The summed E-state index contributed by atoms with van der Waals surface area (Å²) in [5, 5.41) is 14.3. The molecule has 1 fully saturated rings. The summed E-state index contributed by atoms with van der Waals surface area (Å²) >= 11 is 0. The van der Waals surface area contributed by atoms with Crippen LogP contribution in [0.2, 0.25) is 0 Å². The van der Waals surface area contributed by atoms with Gasteiger partial charge in [0, 0.05) is 44.9 Å². The molecule has 0 amide bonds. The number of nitrogens with zero attached hydrogens (tertiary/aromatic N) is 2. The zero-order chi connectivity index (χ0) is 9.31. The fourth-order valence-corrected chi connectivity index (χ4v) is 1.66. The third kappa shape index (κ3) is 1.59. The van der Waals surface area contributed by atoms with Gasteiger partial charge in [0.2, 0.25) is 0 Å². The van der Waals surface area contributed by atoms with Crippen LogP contribution in [0.15, 0.2) is 12.4 Å². The first-order valence-corrected chi connectivity index (χ1v) is 4.50. The molecule has 2 rings (SSSR count). The molecule has 1 aromatic rings. The molecule has 0 radical (unpaired) electrons. The number of aryl methyl sites for hydroxylation is 1. The van der Waals surface area contributed by atoms with E-state index in [1.54, 1.807) is 10.9 Å². The molecule has 0 spiro atoms. The molecular weight excluding hydrogens is 168 g/mol. The van der Waals surface area contributed by atoms with Crippen molar-refractivity contribution in [2.75, 3.05) is 13.2 Å². The Hall–Kier alpha value is -0.870. The third-order valence-corrected chi connectivity index (χ3v) is 2.56. The summed E-state index contributed by atoms with van der Waals surface area (Å²) in [6.07, 6.45) is 4.92. The molecule has 72 valence electrons. The van der Waals surface area contributed by atoms with Gasteiger partial charge in [-0.15, -0.1) is 0 Å². The maximum atomic E-state index is 10.2.